The maximum Gasteiger partial charge on any atom is 0.306 e. The molecule has 0 rings (SSSR count). The summed E-state index contributed by atoms with van der Waals surface area (Å²) >= 11 is 0. The average Bonchev–Trinajstić information content (AvgIpc) is 3.36. The lowest BCUT2D eigenvalue weighted by Gasteiger charge is -2.28. The van der Waals surface area contributed by atoms with Crippen molar-refractivity contribution in [2.75, 3.05) is 47.5 Å². The molecule has 74 heavy (non-hydrogen) atoms. The summed E-state index contributed by atoms with van der Waals surface area (Å²) in [7, 11) is 1.16. The molecule has 0 bridgehead atoms. The van der Waals surface area contributed by atoms with Crippen LogP contribution >= 0.6 is 7.82 Å². The van der Waals surface area contributed by atoms with E-state index in [1.54, 1.807) is 0 Å². The van der Waals surface area contributed by atoms with Gasteiger partial charge in [0.1, 0.15) is 19.8 Å². The maximum atomic E-state index is 12.8. The quantitative estimate of drug-likeness (QED) is 0.0195. The molecular formula is C64H116NO8P. The molecule has 0 fully saturated rings. The number of phosphoric ester groups is 1. The number of unbranched alkanes of at least 4 members (excludes halogenated alkanes) is 30. The van der Waals surface area contributed by atoms with Crippen molar-refractivity contribution in [3.8, 4) is 0 Å². The normalized spacial score (nSPS) is 13.8. The molecule has 9 nitrogen and oxygen atoms in total. The number of carbonyl (C=O) groups excluding carboxylic acids is 2. The van der Waals surface area contributed by atoms with Gasteiger partial charge in [-0.25, -0.2) is 0 Å². The van der Waals surface area contributed by atoms with E-state index in [1.807, 2.05) is 21.1 Å². The van der Waals surface area contributed by atoms with E-state index < -0.39 is 26.5 Å². The van der Waals surface area contributed by atoms with Crippen LogP contribution in [0, 0.1) is 0 Å². The lowest BCUT2D eigenvalue weighted by atomic mass is 10.0. The summed E-state index contributed by atoms with van der Waals surface area (Å²) in [5.41, 5.74) is 0. The molecule has 0 aliphatic heterocycles. The number of carbonyl (C=O) groups is 2. The van der Waals surface area contributed by atoms with Crippen LogP contribution in [0.3, 0.4) is 0 Å². The Hall–Kier alpha value is -2.55. The minimum atomic E-state index is -4.64. The first-order chi connectivity index (χ1) is 36.0. The summed E-state index contributed by atoms with van der Waals surface area (Å²) < 4.78 is 34.2. The van der Waals surface area contributed by atoms with E-state index in [1.165, 1.54) is 148 Å². The van der Waals surface area contributed by atoms with Gasteiger partial charge in [-0.05, 0) is 83.5 Å². The third-order valence-corrected chi connectivity index (χ3v) is 14.2. The summed E-state index contributed by atoms with van der Waals surface area (Å²) in [4.78, 5) is 37.9. The van der Waals surface area contributed by atoms with Gasteiger partial charge < -0.3 is 27.9 Å². The summed E-state index contributed by atoms with van der Waals surface area (Å²) in [6.07, 6.45) is 72.5. The molecule has 2 atom stereocenters. The Labute approximate surface area is 457 Å². The molecule has 0 heterocycles. The molecule has 0 amide bonds. The van der Waals surface area contributed by atoms with Gasteiger partial charge in [0.2, 0.25) is 0 Å². The van der Waals surface area contributed by atoms with Crippen LogP contribution in [0.4, 0.5) is 0 Å². The van der Waals surface area contributed by atoms with Gasteiger partial charge in [-0.1, -0.05) is 247 Å². The number of phosphoric acid groups is 1. The number of hydrogen-bond acceptors (Lipinski definition) is 8. The van der Waals surface area contributed by atoms with E-state index in [0.717, 1.165) is 89.9 Å². The highest BCUT2D eigenvalue weighted by Gasteiger charge is 2.22. The Bertz CT molecular complexity index is 1480. The van der Waals surface area contributed by atoms with Crippen LogP contribution in [0.5, 0.6) is 0 Å². The summed E-state index contributed by atoms with van der Waals surface area (Å²) in [5, 5.41) is 0. The second-order valence-electron chi connectivity index (χ2n) is 21.7. The number of rotatable bonds is 56. The zero-order chi connectivity index (χ0) is 54.2. The predicted octanol–water partition coefficient (Wildman–Crippen LogP) is 18.6. The number of ether oxygens (including phenoxy) is 2. The molecular weight excluding hydrogens is 942 g/mol. The fourth-order valence-electron chi connectivity index (χ4n) is 8.50. The Morgan fingerprint density at radius 2 is 0.770 bits per heavy atom. The fourth-order valence-corrected chi connectivity index (χ4v) is 9.23. The average molecular weight is 1060 g/mol. The Morgan fingerprint density at radius 3 is 1.15 bits per heavy atom. The van der Waals surface area contributed by atoms with Crippen LogP contribution < -0.4 is 4.89 Å². The van der Waals surface area contributed by atoms with Gasteiger partial charge in [0, 0.05) is 12.8 Å². The number of allylic oxidation sites excluding steroid dienone is 12. The maximum absolute atomic E-state index is 12.8. The van der Waals surface area contributed by atoms with Crippen molar-refractivity contribution in [1.29, 1.82) is 0 Å². The number of esters is 2. The summed E-state index contributed by atoms with van der Waals surface area (Å²) in [5.74, 6) is -0.844. The minimum Gasteiger partial charge on any atom is -0.756 e. The Kier molecular flexibility index (Phi) is 53.3. The second-order valence-corrected chi connectivity index (χ2v) is 23.1. The van der Waals surface area contributed by atoms with Crippen LogP contribution in [0.25, 0.3) is 0 Å². The molecule has 430 valence electrons. The topological polar surface area (TPSA) is 111 Å². The Morgan fingerprint density at radius 1 is 0.432 bits per heavy atom. The first-order valence-corrected chi connectivity index (χ1v) is 32.1. The summed E-state index contributed by atoms with van der Waals surface area (Å²) in [6.45, 7) is 4.12. The van der Waals surface area contributed by atoms with Gasteiger partial charge in [-0.3, -0.25) is 14.2 Å². The Balaban J connectivity index is 4.07. The van der Waals surface area contributed by atoms with Crippen LogP contribution in [0.15, 0.2) is 72.9 Å². The fraction of sp³-hybridized carbons (Fsp3) is 0.781. The smallest absolute Gasteiger partial charge is 0.306 e. The lowest BCUT2D eigenvalue weighted by molar-refractivity contribution is -0.870. The molecule has 0 saturated carbocycles. The molecule has 0 aromatic heterocycles. The van der Waals surface area contributed by atoms with E-state index in [9.17, 15) is 19.0 Å². The first kappa shape index (κ1) is 71.5. The van der Waals surface area contributed by atoms with Crippen molar-refractivity contribution in [3.63, 3.8) is 0 Å². The molecule has 2 unspecified atom stereocenters. The van der Waals surface area contributed by atoms with E-state index in [4.69, 9.17) is 18.5 Å². The minimum absolute atomic E-state index is 0.0357. The van der Waals surface area contributed by atoms with E-state index >= 15 is 0 Å². The van der Waals surface area contributed by atoms with Gasteiger partial charge in [0.05, 0.1) is 27.7 Å². The lowest BCUT2D eigenvalue weighted by Crippen LogP contribution is -2.37. The standard InChI is InChI=1S/C64H116NO8P/c1-6-8-10-12-14-16-18-20-22-24-26-27-28-29-30-31-32-33-34-35-36-37-39-40-42-44-46-48-50-52-54-56-63(66)70-60-62(61-72-74(68,69)71-59-58-65(3,4)5)73-64(67)57-55-53-51-49-47-45-43-41-38-25-23-21-19-17-15-13-11-9-7-2/h9,11,15,17-18,20-21,23-24,26,38,41,62H,6-8,10,12-14,16,19,22,25,27-37,39-40,42-61H2,1-5H3/b11-9-,17-15-,20-18-,23-21-,26-24-,41-38-. The zero-order valence-corrected chi connectivity index (χ0v) is 49.7. The molecule has 0 saturated heterocycles. The first-order valence-electron chi connectivity index (χ1n) is 30.6. The largest absolute Gasteiger partial charge is 0.756 e. The monoisotopic (exact) mass is 1060 g/mol. The van der Waals surface area contributed by atoms with Crippen LogP contribution in [0.2, 0.25) is 0 Å². The highest BCUT2D eigenvalue weighted by atomic mass is 31.2. The third kappa shape index (κ3) is 58.7. The van der Waals surface area contributed by atoms with Crippen LogP contribution in [-0.2, 0) is 32.7 Å². The van der Waals surface area contributed by atoms with Crippen molar-refractivity contribution in [1.82, 2.24) is 0 Å². The van der Waals surface area contributed by atoms with Gasteiger partial charge in [-0.2, -0.15) is 0 Å². The SMILES string of the molecule is CC/C=C\C/C=C\C/C=C\C/C=C\CCCCCCCCC(=O)OC(COC(=O)CCCCCCCCCCCCCCCCCCCCC/C=C\C/C=C\CCCCCCC)COP(=O)([O-])OCC[N+](C)(C)C. The second kappa shape index (κ2) is 55.2. The number of likely N-dealkylation sites (N-methyl/N-ethyl adjacent to an activating group) is 1. The third-order valence-electron chi connectivity index (χ3n) is 13.2. The van der Waals surface area contributed by atoms with Crippen LogP contribution in [0.1, 0.15) is 271 Å². The highest BCUT2D eigenvalue weighted by Crippen LogP contribution is 2.38. The molecule has 10 heteroatoms. The van der Waals surface area contributed by atoms with E-state index in [-0.39, 0.29) is 32.0 Å². The molecule has 0 spiro atoms. The predicted molar refractivity (Wildman–Crippen MR) is 314 cm³/mol. The number of hydrogen-bond donors (Lipinski definition) is 0. The van der Waals surface area contributed by atoms with Gasteiger partial charge >= 0.3 is 11.9 Å². The number of quaternary nitrogens is 1. The van der Waals surface area contributed by atoms with Gasteiger partial charge in [0.15, 0.2) is 6.10 Å². The van der Waals surface area contributed by atoms with Crippen molar-refractivity contribution >= 4 is 19.8 Å². The van der Waals surface area contributed by atoms with Gasteiger partial charge in [-0.15, -0.1) is 0 Å². The van der Waals surface area contributed by atoms with Gasteiger partial charge in [0.25, 0.3) is 7.82 Å². The van der Waals surface area contributed by atoms with Crippen molar-refractivity contribution in [2.24, 2.45) is 0 Å². The molecule has 0 aliphatic rings. The van der Waals surface area contributed by atoms with E-state index in [0.29, 0.717) is 17.4 Å². The zero-order valence-electron chi connectivity index (χ0n) is 48.8. The van der Waals surface area contributed by atoms with Crippen molar-refractivity contribution < 1.29 is 42.1 Å². The van der Waals surface area contributed by atoms with Crippen molar-refractivity contribution in [2.45, 2.75) is 277 Å². The number of nitrogens with zero attached hydrogens (tertiary/aromatic N) is 1. The molecule has 0 N–H and O–H groups in total. The molecule has 0 aromatic rings. The molecule has 0 aliphatic carbocycles. The van der Waals surface area contributed by atoms with Crippen LogP contribution in [-0.4, -0.2) is 70.0 Å². The molecule has 0 radical (unpaired) electrons. The summed E-state index contributed by atoms with van der Waals surface area (Å²) in [6, 6.07) is 0. The van der Waals surface area contributed by atoms with Crippen molar-refractivity contribution in [3.05, 3.63) is 72.9 Å². The highest BCUT2D eigenvalue weighted by molar-refractivity contribution is 7.45. The molecule has 0 aromatic carbocycles. The van der Waals surface area contributed by atoms with E-state index in [2.05, 4.69) is 86.8 Å².